The first-order valence-corrected chi connectivity index (χ1v) is 6.49. The molecule has 19 heavy (non-hydrogen) atoms. The predicted molar refractivity (Wildman–Crippen MR) is 69.5 cm³/mol. The zero-order valence-electron chi connectivity index (χ0n) is 11.0. The van der Waals surface area contributed by atoms with Gasteiger partial charge in [-0.15, -0.1) is 0 Å². The van der Waals surface area contributed by atoms with Crippen molar-refractivity contribution in [1.29, 1.82) is 0 Å². The van der Waals surface area contributed by atoms with Crippen molar-refractivity contribution in [3.63, 3.8) is 0 Å². The van der Waals surface area contributed by atoms with E-state index in [-0.39, 0.29) is 23.8 Å². The third kappa shape index (κ3) is 3.53. The van der Waals surface area contributed by atoms with E-state index in [2.05, 4.69) is 10.3 Å². The molecular formula is C14H18N2O3. The Morgan fingerprint density at radius 2 is 1.84 bits per heavy atom. The van der Waals surface area contributed by atoms with Crippen LogP contribution in [0.2, 0.25) is 0 Å². The summed E-state index contributed by atoms with van der Waals surface area (Å²) in [5, 5.41) is 2.99. The van der Waals surface area contributed by atoms with Gasteiger partial charge in [0.1, 0.15) is 0 Å². The van der Waals surface area contributed by atoms with Crippen molar-refractivity contribution in [2.45, 2.75) is 31.7 Å². The van der Waals surface area contributed by atoms with Crippen LogP contribution in [0.15, 0.2) is 24.5 Å². The lowest BCUT2D eigenvalue weighted by Crippen LogP contribution is -2.38. The maximum absolute atomic E-state index is 12.0. The fourth-order valence-corrected chi connectivity index (χ4v) is 2.41. The van der Waals surface area contributed by atoms with Gasteiger partial charge in [-0.3, -0.25) is 14.6 Å². The first kappa shape index (κ1) is 13.5. The molecule has 0 unspecified atom stereocenters. The van der Waals surface area contributed by atoms with E-state index in [1.54, 1.807) is 24.5 Å². The number of esters is 1. The number of amides is 1. The molecule has 1 aromatic heterocycles. The molecule has 1 N–H and O–H groups in total. The highest BCUT2D eigenvalue weighted by Gasteiger charge is 2.27. The average molecular weight is 262 g/mol. The van der Waals surface area contributed by atoms with Gasteiger partial charge in [-0.1, -0.05) is 0 Å². The third-order valence-electron chi connectivity index (χ3n) is 3.54. The monoisotopic (exact) mass is 262 g/mol. The Morgan fingerprint density at radius 3 is 2.42 bits per heavy atom. The molecule has 1 amide bonds. The van der Waals surface area contributed by atoms with Crippen molar-refractivity contribution >= 4 is 11.9 Å². The molecule has 1 saturated carbocycles. The number of carbonyl (C=O) groups is 2. The van der Waals surface area contributed by atoms with Gasteiger partial charge in [-0.25, -0.2) is 0 Å². The smallest absolute Gasteiger partial charge is 0.308 e. The standard InChI is InChI=1S/C14H18N2O3/c1-19-14(18)11-2-4-12(5-3-11)16-13(17)10-6-8-15-9-7-10/h6-9,11-12H,2-5H2,1H3,(H,16,17). The van der Waals surface area contributed by atoms with Crippen molar-refractivity contribution < 1.29 is 14.3 Å². The summed E-state index contributed by atoms with van der Waals surface area (Å²) in [5.41, 5.74) is 0.616. The highest BCUT2D eigenvalue weighted by atomic mass is 16.5. The number of hydrogen-bond donors (Lipinski definition) is 1. The number of nitrogens with one attached hydrogen (secondary N) is 1. The van der Waals surface area contributed by atoms with Gasteiger partial charge < -0.3 is 10.1 Å². The number of pyridine rings is 1. The molecule has 5 nitrogen and oxygen atoms in total. The second-order valence-corrected chi connectivity index (χ2v) is 4.78. The zero-order chi connectivity index (χ0) is 13.7. The van der Waals surface area contributed by atoms with E-state index in [1.807, 2.05) is 0 Å². The number of methoxy groups -OCH3 is 1. The molecule has 102 valence electrons. The summed E-state index contributed by atoms with van der Waals surface area (Å²) in [7, 11) is 1.42. The van der Waals surface area contributed by atoms with E-state index in [4.69, 9.17) is 4.74 Å². The minimum atomic E-state index is -0.140. The van der Waals surface area contributed by atoms with Crippen LogP contribution >= 0.6 is 0 Å². The van der Waals surface area contributed by atoms with Crippen LogP contribution in [-0.4, -0.2) is 30.0 Å². The van der Waals surface area contributed by atoms with Gasteiger partial charge in [-0.2, -0.15) is 0 Å². The molecule has 0 aromatic carbocycles. The molecule has 0 bridgehead atoms. The molecule has 0 spiro atoms. The van der Waals surface area contributed by atoms with Crippen LogP contribution in [0.4, 0.5) is 0 Å². The molecule has 5 heteroatoms. The van der Waals surface area contributed by atoms with Gasteiger partial charge in [0.2, 0.25) is 0 Å². The summed E-state index contributed by atoms with van der Waals surface area (Å²) >= 11 is 0. The Bertz CT molecular complexity index is 439. The first-order valence-electron chi connectivity index (χ1n) is 6.49. The van der Waals surface area contributed by atoms with Crippen LogP contribution in [0.3, 0.4) is 0 Å². The van der Waals surface area contributed by atoms with Gasteiger partial charge >= 0.3 is 5.97 Å². The molecule has 0 radical (unpaired) electrons. The van der Waals surface area contributed by atoms with Crippen LogP contribution in [0, 0.1) is 5.92 Å². The van der Waals surface area contributed by atoms with Crippen molar-refractivity contribution in [1.82, 2.24) is 10.3 Å². The summed E-state index contributed by atoms with van der Waals surface area (Å²) in [6, 6.07) is 3.52. The van der Waals surface area contributed by atoms with Gasteiger partial charge in [0.15, 0.2) is 0 Å². The van der Waals surface area contributed by atoms with E-state index >= 15 is 0 Å². The van der Waals surface area contributed by atoms with Gasteiger partial charge in [0.05, 0.1) is 13.0 Å². The minimum absolute atomic E-state index is 0.0147. The molecule has 1 aromatic rings. The van der Waals surface area contributed by atoms with Crippen molar-refractivity contribution in [3.8, 4) is 0 Å². The fourth-order valence-electron chi connectivity index (χ4n) is 2.41. The lowest BCUT2D eigenvalue weighted by Gasteiger charge is -2.27. The van der Waals surface area contributed by atoms with E-state index in [9.17, 15) is 9.59 Å². The van der Waals surface area contributed by atoms with E-state index < -0.39 is 0 Å². The quantitative estimate of drug-likeness (QED) is 0.839. The SMILES string of the molecule is COC(=O)C1CCC(NC(=O)c2ccncc2)CC1. The lowest BCUT2D eigenvalue weighted by molar-refractivity contribution is -0.146. The lowest BCUT2D eigenvalue weighted by atomic mass is 9.86. The molecule has 0 saturated heterocycles. The molecule has 0 atom stereocenters. The van der Waals surface area contributed by atoms with Crippen molar-refractivity contribution in [2.24, 2.45) is 5.92 Å². The Morgan fingerprint density at radius 1 is 1.21 bits per heavy atom. The predicted octanol–water partition coefficient (Wildman–Crippen LogP) is 1.54. The Hall–Kier alpha value is -1.91. The third-order valence-corrected chi connectivity index (χ3v) is 3.54. The fraction of sp³-hybridized carbons (Fsp3) is 0.500. The van der Waals surface area contributed by atoms with Gasteiger partial charge in [0.25, 0.3) is 5.91 Å². The van der Waals surface area contributed by atoms with Crippen LogP contribution in [0.5, 0.6) is 0 Å². The summed E-state index contributed by atoms with van der Waals surface area (Å²) in [5.74, 6) is -0.234. The number of ether oxygens (including phenoxy) is 1. The van der Waals surface area contributed by atoms with E-state index in [0.717, 1.165) is 25.7 Å². The normalized spacial score (nSPS) is 22.6. The Kier molecular flexibility index (Phi) is 4.49. The number of hydrogen-bond acceptors (Lipinski definition) is 4. The van der Waals surface area contributed by atoms with Crippen LogP contribution < -0.4 is 5.32 Å². The number of nitrogens with zero attached hydrogens (tertiary/aromatic N) is 1. The van der Waals surface area contributed by atoms with E-state index in [1.165, 1.54) is 7.11 Å². The summed E-state index contributed by atoms with van der Waals surface area (Å²) in [4.78, 5) is 27.2. The number of carbonyl (C=O) groups excluding carboxylic acids is 2. The number of aromatic nitrogens is 1. The van der Waals surface area contributed by atoms with Crippen LogP contribution in [0.25, 0.3) is 0 Å². The van der Waals surface area contributed by atoms with Gasteiger partial charge in [0, 0.05) is 24.0 Å². The molecule has 1 heterocycles. The van der Waals surface area contributed by atoms with Gasteiger partial charge in [-0.05, 0) is 37.8 Å². The highest BCUT2D eigenvalue weighted by molar-refractivity contribution is 5.94. The highest BCUT2D eigenvalue weighted by Crippen LogP contribution is 2.25. The summed E-state index contributed by atoms with van der Waals surface area (Å²) in [6.07, 6.45) is 6.38. The number of rotatable bonds is 3. The summed E-state index contributed by atoms with van der Waals surface area (Å²) in [6.45, 7) is 0. The molecule has 2 rings (SSSR count). The maximum atomic E-state index is 12.0. The van der Waals surface area contributed by atoms with Crippen molar-refractivity contribution in [3.05, 3.63) is 30.1 Å². The largest absolute Gasteiger partial charge is 0.469 e. The Balaban J connectivity index is 1.83. The summed E-state index contributed by atoms with van der Waals surface area (Å²) < 4.78 is 4.74. The molecule has 1 aliphatic carbocycles. The maximum Gasteiger partial charge on any atom is 0.308 e. The minimum Gasteiger partial charge on any atom is -0.469 e. The molecular weight excluding hydrogens is 244 g/mol. The first-order chi connectivity index (χ1) is 9.20. The molecule has 1 aliphatic rings. The van der Waals surface area contributed by atoms with Crippen molar-refractivity contribution in [2.75, 3.05) is 7.11 Å². The Labute approximate surface area is 112 Å². The average Bonchev–Trinajstić information content (AvgIpc) is 2.48. The van der Waals surface area contributed by atoms with E-state index in [0.29, 0.717) is 5.56 Å². The van der Waals surface area contributed by atoms with Crippen LogP contribution in [-0.2, 0) is 9.53 Å². The molecule has 1 fully saturated rings. The second kappa shape index (κ2) is 6.31. The second-order valence-electron chi connectivity index (χ2n) is 4.78. The topological polar surface area (TPSA) is 68.3 Å². The molecule has 0 aliphatic heterocycles. The van der Waals surface area contributed by atoms with Crippen LogP contribution in [0.1, 0.15) is 36.0 Å². The zero-order valence-corrected chi connectivity index (χ0v) is 11.0.